The minimum absolute atomic E-state index is 0.188. The summed E-state index contributed by atoms with van der Waals surface area (Å²) < 4.78 is 0.978. The summed E-state index contributed by atoms with van der Waals surface area (Å²) in [4.78, 5) is 12.4. The van der Waals surface area contributed by atoms with Crippen molar-refractivity contribution in [2.24, 2.45) is 5.10 Å². The van der Waals surface area contributed by atoms with Gasteiger partial charge in [0.05, 0.1) is 11.1 Å². The SMILES string of the molecule is O=C(NN=Cc1sc2ccccc2c1O)c1ccccc1. The number of thiophene rings is 1. The first-order chi connectivity index (χ1) is 10.3. The van der Waals surface area contributed by atoms with Gasteiger partial charge in [0.2, 0.25) is 0 Å². The zero-order valence-electron chi connectivity index (χ0n) is 11.0. The van der Waals surface area contributed by atoms with Gasteiger partial charge in [-0.1, -0.05) is 30.3 Å². The second-order valence-electron chi connectivity index (χ2n) is 4.38. The lowest BCUT2D eigenvalue weighted by molar-refractivity contribution is 0.0955. The number of aromatic hydroxyl groups is 1. The molecule has 2 N–H and O–H groups in total. The van der Waals surface area contributed by atoms with Crippen molar-refractivity contribution in [2.45, 2.75) is 0 Å². The van der Waals surface area contributed by atoms with Gasteiger partial charge < -0.3 is 5.11 Å². The number of nitrogens with zero attached hydrogens (tertiary/aromatic N) is 1. The number of carbonyl (C=O) groups is 1. The minimum atomic E-state index is -0.285. The zero-order chi connectivity index (χ0) is 14.7. The molecule has 0 aliphatic heterocycles. The largest absolute Gasteiger partial charge is 0.506 e. The predicted molar refractivity (Wildman–Crippen MR) is 85.0 cm³/mol. The van der Waals surface area contributed by atoms with E-state index in [9.17, 15) is 9.90 Å². The van der Waals surface area contributed by atoms with Crippen molar-refractivity contribution >= 4 is 33.5 Å². The molecule has 5 heteroatoms. The minimum Gasteiger partial charge on any atom is -0.506 e. The second kappa shape index (κ2) is 5.76. The average Bonchev–Trinajstić information content (AvgIpc) is 2.85. The number of hydrogen-bond acceptors (Lipinski definition) is 4. The third-order valence-electron chi connectivity index (χ3n) is 2.98. The van der Waals surface area contributed by atoms with E-state index in [-0.39, 0.29) is 11.7 Å². The van der Waals surface area contributed by atoms with Crippen molar-refractivity contribution < 1.29 is 9.90 Å². The molecule has 21 heavy (non-hydrogen) atoms. The van der Waals surface area contributed by atoms with Crippen LogP contribution in [0.5, 0.6) is 5.75 Å². The highest BCUT2D eigenvalue weighted by molar-refractivity contribution is 7.21. The molecular weight excluding hydrogens is 284 g/mol. The Balaban J connectivity index is 1.76. The van der Waals surface area contributed by atoms with Gasteiger partial charge in [0.1, 0.15) is 5.75 Å². The zero-order valence-corrected chi connectivity index (χ0v) is 11.8. The Morgan fingerprint density at radius 3 is 2.57 bits per heavy atom. The van der Waals surface area contributed by atoms with Crippen LogP contribution < -0.4 is 5.43 Å². The molecular formula is C16H12N2O2S. The van der Waals surface area contributed by atoms with Gasteiger partial charge in [-0.2, -0.15) is 5.10 Å². The maximum absolute atomic E-state index is 11.8. The van der Waals surface area contributed by atoms with Crippen molar-refractivity contribution in [2.75, 3.05) is 0 Å². The Labute approximate surface area is 125 Å². The molecule has 0 atom stereocenters. The first kappa shape index (κ1) is 13.3. The van der Waals surface area contributed by atoms with Crippen LogP contribution in [0.2, 0.25) is 0 Å². The van der Waals surface area contributed by atoms with Crippen LogP contribution in [-0.2, 0) is 0 Å². The van der Waals surface area contributed by atoms with Crippen LogP contribution in [0.15, 0.2) is 59.7 Å². The van der Waals surface area contributed by atoms with Gasteiger partial charge in [-0.05, 0) is 24.3 Å². The molecule has 1 heterocycles. The molecule has 0 saturated heterocycles. The number of fused-ring (bicyclic) bond motifs is 1. The van der Waals surface area contributed by atoms with Crippen molar-refractivity contribution in [3.63, 3.8) is 0 Å². The average molecular weight is 296 g/mol. The Bertz CT molecular complexity index is 810. The van der Waals surface area contributed by atoms with E-state index in [4.69, 9.17) is 0 Å². The third-order valence-corrected chi connectivity index (χ3v) is 4.07. The van der Waals surface area contributed by atoms with E-state index < -0.39 is 0 Å². The van der Waals surface area contributed by atoms with E-state index in [1.54, 1.807) is 24.3 Å². The highest BCUT2D eigenvalue weighted by Gasteiger charge is 2.08. The van der Waals surface area contributed by atoms with Gasteiger partial charge in [0, 0.05) is 15.6 Å². The summed E-state index contributed by atoms with van der Waals surface area (Å²) in [5.41, 5.74) is 2.98. The molecule has 3 rings (SSSR count). The van der Waals surface area contributed by atoms with Crippen LogP contribution in [0.25, 0.3) is 10.1 Å². The molecule has 4 nitrogen and oxygen atoms in total. The lowest BCUT2D eigenvalue weighted by Crippen LogP contribution is -2.17. The highest BCUT2D eigenvalue weighted by atomic mass is 32.1. The highest BCUT2D eigenvalue weighted by Crippen LogP contribution is 2.35. The fraction of sp³-hybridized carbons (Fsp3) is 0. The van der Waals surface area contributed by atoms with Gasteiger partial charge in [-0.15, -0.1) is 11.3 Å². The molecule has 1 aromatic heterocycles. The summed E-state index contributed by atoms with van der Waals surface area (Å²) in [6.07, 6.45) is 1.46. The quantitative estimate of drug-likeness (QED) is 0.575. The lowest BCUT2D eigenvalue weighted by atomic mass is 10.2. The number of amides is 1. The molecule has 2 aromatic carbocycles. The molecule has 3 aromatic rings. The summed E-state index contributed by atoms with van der Waals surface area (Å²) in [6.45, 7) is 0. The number of carbonyl (C=O) groups excluding carboxylic acids is 1. The molecule has 1 amide bonds. The van der Waals surface area contributed by atoms with E-state index in [0.717, 1.165) is 10.1 Å². The fourth-order valence-corrected chi connectivity index (χ4v) is 2.91. The summed E-state index contributed by atoms with van der Waals surface area (Å²) in [6, 6.07) is 16.4. The first-order valence-corrected chi connectivity index (χ1v) is 7.16. The summed E-state index contributed by atoms with van der Waals surface area (Å²) >= 11 is 1.42. The van der Waals surface area contributed by atoms with Crippen LogP contribution in [0.3, 0.4) is 0 Å². The molecule has 0 aliphatic rings. The molecule has 0 fully saturated rings. The third kappa shape index (κ3) is 2.78. The normalized spacial score (nSPS) is 11.0. The van der Waals surface area contributed by atoms with E-state index in [1.165, 1.54) is 17.6 Å². The van der Waals surface area contributed by atoms with Gasteiger partial charge in [-0.3, -0.25) is 4.79 Å². The maximum atomic E-state index is 11.8. The number of hydrazone groups is 1. The molecule has 0 spiro atoms. The number of benzene rings is 2. The number of hydrogen-bond donors (Lipinski definition) is 2. The summed E-state index contributed by atoms with van der Waals surface area (Å²) in [7, 11) is 0. The smallest absolute Gasteiger partial charge is 0.271 e. The Morgan fingerprint density at radius 2 is 1.81 bits per heavy atom. The van der Waals surface area contributed by atoms with Crippen LogP contribution >= 0.6 is 11.3 Å². The second-order valence-corrected chi connectivity index (χ2v) is 5.46. The standard InChI is InChI=1S/C16H12N2O2S/c19-15-12-8-4-5-9-13(12)21-14(15)10-17-18-16(20)11-6-2-1-3-7-11/h1-10,19H,(H,18,20). The summed E-state index contributed by atoms with van der Waals surface area (Å²) in [5.74, 6) is -0.0965. The van der Waals surface area contributed by atoms with Crippen LogP contribution in [0, 0.1) is 0 Å². The molecule has 0 aliphatic carbocycles. The molecule has 0 radical (unpaired) electrons. The fourth-order valence-electron chi connectivity index (χ4n) is 1.94. The van der Waals surface area contributed by atoms with Crippen molar-refractivity contribution in [3.05, 3.63) is 65.0 Å². The molecule has 104 valence electrons. The van der Waals surface area contributed by atoms with Crippen molar-refractivity contribution in [1.29, 1.82) is 0 Å². The van der Waals surface area contributed by atoms with E-state index in [1.807, 2.05) is 30.3 Å². The lowest BCUT2D eigenvalue weighted by Gasteiger charge is -1.98. The molecule has 0 unspecified atom stereocenters. The molecule has 0 bridgehead atoms. The van der Waals surface area contributed by atoms with Crippen LogP contribution in [0.1, 0.15) is 15.2 Å². The maximum Gasteiger partial charge on any atom is 0.271 e. The van der Waals surface area contributed by atoms with Crippen LogP contribution in [0.4, 0.5) is 0 Å². The monoisotopic (exact) mass is 296 g/mol. The predicted octanol–water partition coefficient (Wildman–Crippen LogP) is 3.37. The van der Waals surface area contributed by atoms with Gasteiger partial charge in [-0.25, -0.2) is 5.43 Å². The summed E-state index contributed by atoms with van der Waals surface area (Å²) in [5, 5.41) is 14.8. The number of nitrogens with one attached hydrogen (secondary N) is 1. The topological polar surface area (TPSA) is 61.7 Å². The Hall–Kier alpha value is -2.66. The van der Waals surface area contributed by atoms with Gasteiger partial charge in [0.15, 0.2) is 0 Å². The van der Waals surface area contributed by atoms with E-state index >= 15 is 0 Å². The van der Waals surface area contributed by atoms with Crippen molar-refractivity contribution in [3.8, 4) is 5.75 Å². The van der Waals surface area contributed by atoms with Crippen LogP contribution in [-0.4, -0.2) is 17.2 Å². The Morgan fingerprint density at radius 1 is 1.10 bits per heavy atom. The Kier molecular flexibility index (Phi) is 3.66. The number of rotatable bonds is 3. The van der Waals surface area contributed by atoms with Gasteiger partial charge in [0.25, 0.3) is 5.91 Å². The molecule has 0 saturated carbocycles. The van der Waals surface area contributed by atoms with Crippen molar-refractivity contribution in [1.82, 2.24) is 5.43 Å². The van der Waals surface area contributed by atoms with Gasteiger partial charge >= 0.3 is 0 Å². The van der Waals surface area contributed by atoms with E-state index in [2.05, 4.69) is 10.5 Å². The first-order valence-electron chi connectivity index (χ1n) is 6.34. The van der Waals surface area contributed by atoms with E-state index in [0.29, 0.717) is 10.4 Å².